The lowest BCUT2D eigenvalue weighted by Crippen LogP contribution is -2.48. The van der Waals surface area contributed by atoms with Gasteiger partial charge in [0, 0.05) is 42.7 Å². The molecule has 7 nitrogen and oxygen atoms in total. The van der Waals surface area contributed by atoms with Crippen molar-refractivity contribution in [2.75, 3.05) is 13.2 Å². The van der Waals surface area contributed by atoms with E-state index < -0.39 is 22.7 Å². The largest absolute Gasteiger partial charge is 0.496 e. The van der Waals surface area contributed by atoms with Crippen LogP contribution in [0.15, 0.2) is 46.2 Å². The number of nitrogens with zero attached hydrogens (tertiary/aromatic N) is 2. The smallest absolute Gasteiger partial charge is 0.407 e. The van der Waals surface area contributed by atoms with E-state index >= 15 is 0 Å². The molecule has 1 aromatic carbocycles. The summed E-state index contributed by atoms with van der Waals surface area (Å²) >= 11 is 6.37. The van der Waals surface area contributed by atoms with Crippen molar-refractivity contribution in [3.05, 3.63) is 57.6 Å². The van der Waals surface area contributed by atoms with Gasteiger partial charge < -0.3 is 13.9 Å². The summed E-state index contributed by atoms with van der Waals surface area (Å²) in [6.45, 7) is 6.86. The van der Waals surface area contributed by atoms with Crippen molar-refractivity contribution in [1.82, 2.24) is 8.54 Å². The summed E-state index contributed by atoms with van der Waals surface area (Å²) in [5.74, 6) is 0. The molecule has 3 aromatic rings. The first-order chi connectivity index (χ1) is 14.0. The zero-order chi connectivity index (χ0) is 21.8. The van der Waals surface area contributed by atoms with Gasteiger partial charge in [-0.25, -0.2) is 12.4 Å². The van der Waals surface area contributed by atoms with Crippen molar-refractivity contribution in [3.8, 4) is 0 Å². The highest BCUT2D eigenvalue weighted by Gasteiger charge is 2.36. The Bertz CT molecular complexity index is 1290. The summed E-state index contributed by atoms with van der Waals surface area (Å²) in [6.07, 6.45) is 1.60. The molecule has 0 bridgehead atoms. The first kappa shape index (κ1) is 21.2. The second kappa shape index (κ2) is 7.27. The van der Waals surface area contributed by atoms with Gasteiger partial charge in [0.1, 0.15) is 10.7 Å². The molecular weight excluding hydrogens is 427 g/mol. The number of benzene rings is 1. The molecule has 2 aromatic heterocycles. The zero-order valence-corrected chi connectivity index (χ0v) is 18.7. The minimum absolute atomic E-state index is 0.0300. The third-order valence-electron chi connectivity index (χ3n) is 5.15. The molecule has 0 saturated carbocycles. The Balaban J connectivity index is 1.93. The maximum Gasteiger partial charge on any atom is 0.496 e. The molecule has 0 unspecified atom stereocenters. The van der Waals surface area contributed by atoms with Crippen molar-refractivity contribution in [1.29, 1.82) is 0 Å². The Morgan fingerprint density at radius 2 is 1.73 bits per heavy atom. The van der Waals surface area contributed by atoms with Crippen LogP contribution in [0.5, 0.6) is 0 Å². The van der Waals surface area contributed by atoms with Crippen LogP contribution >= 0.6 is 11.6 Å². The highest BCUT2D eigenvalue weighted by atomic mass is 35.5. The van der Waals surface area contributed by atoms with E-state index in [1.807, 2.05) is 20.8 Å². The molecule has 3 heterocycles. The zero-order valence-electron chi connectivity index (χ0n) is 17.2. The second-order valence-corrected chi connectivity index (χ2v) is 10.6. The molecule has 158 valence electrons. The van der Waals surface area contributed by atoms with Crippen molar-refractivity contribution in [2.45, 2.75) is 25.7 Å². The summed E-state index contributed by atoms with van der Waals surface area (Å²) in [6, 6.07) is 7.86. The number of aromatic nitrogens is 2. The fourth-order valence-corrected chi connectivity index (χ4v) is 5.35. The normalized spacial score (nSPS) is 16.9. The highest BCUT2D eigenvalue weighted by Crippen LogP contribution is 2.28. The Labute approximate surface area is 180 Å². The maximum atomic E-state index is 13.3. The van der Waals surface area contributed by atoms with E-state index in [1.165, 1.54) is 22.8 Å². The molecule has 0 spiro atoms. The standard InChI is InChI=1S/C20H22BClN2O5S/c1-13-5-7-14(8-6-13)30(26,27)24-17(22)9-15-16(10-23(4)19(25)18(15)24)21-28-11-20(2,3)12-29-21/h5-10H,11-12H2,1-4H3. The summed E-state index contributed by atoms with van der Waals surface area (Å²) in [5.41, 5.74) is 0.840. The third-order valence-corrected chi connectivity index (χ3v) is 7.25. The van der Waals surface area contributed by atoms with E-state index in [4.69, 9.17) is 20.9 Å². The van der Waals surface area contributed by atoms with Gasteiger partial charge in [0.25, 0.3) is 15.6 Å². The molecule has 1 aliphatic heterocycles. The quantitative estimate of drug-likeness (QED) is 0.575. The fourth-order valence-electron chi connectivity index (χ4n) is 3.50. The number of hydrogen-bond donors (Lipinski definition) is 0. The van der Waals surface area contributed by atoms with Crippen LogP contribution in [0.2, 0.25) is 5.15 Å². The summed E-state index contributed by atoms with van der Waals surface area (Å²) in [5, 5.41) is 0.315. The summed E-state index contributed by atoms with van der Waals surface area (Å²) in [4.78, 5) is 13.0. The molecule has 0 radical (unpaired) electrons. The van der Waals surface area contributed by atoms with Crippen molar-refractivity contribution in [3.63, 3.8) is 0 Å². The fraction of sp³-hybridized carbons (Fsp3) is 0.350. The van der Waals surface area contributed by atoms with Crippen molar-refractivity contribution >= 4 is 45.1 Å². The molecule has 0 amide bonds. The van der Waals surface area contributed by atoms with E-state index in [0.29, 0.717) is 24.1 Å². The van der Waals surface area contributed by atoms with Crippen molar-refractivity contribution < 1.29 is 17.7 Å². The molecule has 1 saturated heterocycles. The van der Waals surface area contributed by atoms with Gasteiger partial charge in [0.05, 0.1) is 4.90 Å². The molecule has 10 heteroatoms. The lowest BCUT2D eigenvalue weighted by atomic mass is 9.75. The number of fused-ring (bicyclic) bond motifs is 1. The highest BCUT2D eigenvalue weighted by molar-refractivity contribution is 7.90. The topological polar surface area (TPSA) is 79.5 Å². The van der Waals surface area contributed by atoms with Gasteiger partial charge in [0.2, 0.25) is 0 Å². The van der Waals surface area contributed by atoms with Crippen LogP contribution in [0.4, 0.5) is 0 Å². The van der Waals surface area contributed by atoms with E-state index in [1.54, 1.807) is 25.4 Å². The minimum atomic E-state index is -4.09. The van der Waals surface area contributed by atoms with E-state index in [9.17, 15) is 13.2 Å². The maximum absolute atomic E-state index is 13.3. The third kappa shape index (κ3) is 3.49. The Hall–Kier alpha value is -2.07. The molecule has 0 N–H and O–H groups in total. The van der Waals surface area contributed by atoms with Crippen LogP contribution in [-0.2, 0) is 26.4 Å². The Morgan fingerprint density at radius 1 is 1.13 bits per heavy atom. The predicted molar refractivity (Wildman–Crippen MR) is 117 cm³/mol. The Kier molecular flexibility index (Phi) is 5.13. The molecular formula is C20H22BClN2O5S. The number of pyridine rings is 1. The van der Waals surface area contributed by atoms with Gasteiger partial charge in [-0.15, -0.1) is 0 Å². The van der Waals surface area contributed by atoms with E-state index in [2.05, 4.69) is 0 Å². The molecule has 1 aliphatic rings. The van der Waals surface area contributed by atoms with Crippen LogP contribution in [0.25, 0.3) is 10.9 Å². The van der Waals surface area contributed by atoms with Gasteiger partial charge in [-0.2, -0.15) is 0 Å². The number of halogens is 1. The van der Waals surface area contributed by atoms with Crippen LogP contribution in [-0.4, -0.2) is 37.3 Å². The Morgan fingerprint density at radius 3 is 2.33 bits per heavy atom. The van der Waals surface area contributed by atoms with Gasteiger partial charge >= 0.3 is 7.12 Å². The summed E-state index contributed by atoms with van der Waals surface area (Å²) < 4.78 is 40.7. The lowest BCUT2D eigenvalue weighted by molar-refractivity contribution is 0.0344. The number of rotatable bonds is 3. The molecule has 1 fully saturated rings. The molecule has 0 atom stereocenters. The van der Waals surface area contributed by atoms with Crippen LogP contribution in [0.3, 0.4) is 0 Å². The van der Waals surface area contributed by atoms with Crippen molar-refractivity contribution in [2.24, 2.45) is 12.5 Å². The molecule has 0 aliphatic carbocycles. The molecule has 30 heavy (non-hydrogen) atoms. The molecule has 4 rings (SSSR count). The average Bonchev–Trinajstić information content (AvgIpc) is 3.03. The minimum Gasteiger partial charge on any atom is -0.407 e. The lowest BCUT2D eigenvalue weighted by Gasteiger charge is -2.33. The second-order valence-electron chi connectivity index (χ2n) is 8.43. The van der Waals surface area contributed by atoms with E-state index in [0.717, 1.165) is 9.54 Å². The van der Waals surface area contributed by atoms with Crippen LogP contribution < -0.4 is 11.0 Å². The SMILES string of the molecule is Cc1ccc(S(=O)(=O)n2c(Cl)cc3c(B4OCC(C)(C)CO4)cn(C)c(=O)c32)cc1. The van der Waals surface area contributed by atoms with E-state index in [-0.39, 0.29) is 21.0 Å². The first-order valence-electron chi connectivity index (χ1n) is 9.47. The monoisotopic (exact) mass is 448 g/mol. The summed E-state index contributed by atoms with van der Waals surface area (Å²) in [7, 11) is -3.25. The van der Waals surface area contributed by atoms with Gasteiger partial charge in [-0.1, -0.05) is 43.1 Å². The predicted octanol–water partition coefficient (Wildman–Crippen LogP) is 2.31. The number of aryl methyl sites for hydroxylation is 2. The van der Waals surface area contributed by atoms with Crippen LogP contribution in [0, 0.1) is 12.3 Å². The number of hydrogen-bond acceptors (Lipinski definition) is 5. The van der Waals surface area contributed by atoms with Gasteiger partial charge in [-0.05, 0) is 25.1 Å². The first-order valence-corrected chi connectivity index (χ1v) is 11.3. The van der Waals surface area contributed by atoms with Crippen LogP contribution in [0.1, 0.15) is 19.4 Å². The van der Waals surface area contributed by atoms with Gasteiger partial charge in [0.15, 0.2) is 0 Å². The average molecular weight is 449 g/mol. The van der Waals surface area contributed by atoms with Gasteiger partial charge in [-0.3, -0.25) is 4.79 Å².